The fourth-order valence-corrected chi connectivity index (χ4v) is 3.12. The molecule has 4 nitrogen and oxygen atoms in total. The van der Waals surface area contributed by atoms with E-state index in [4.69, 9.17) is 9.47 Å². The Hall–Kier alpha value is -1.55. The molecule has 3 rings (SSSR count). The van der Waals surface area contributed by atoms with Crippen LogP contribution in [-0.2, 0) is 9.53 Å². The number of hydrogen-bond acceptors (Lipinski definition) is 4. The predicted molar refractivity (Wildman–Crippen MR) is 69.0 cm³/mol. The molecule has 4 heteroatoms. The van der Waals surface area contributed by atoms with E-state index in [-0.39, 0.29) is 18.1 Å². The first kappa shape index (κ1) is 12.5. The molecule has 1 aromatic carbocycles. The SMILES string of the molecule is C[C@]12CCCC[C@@]1(Oc1ccc(O)cc1)OCC2=O. The number of phenols is 1. The maximum Gasteiger partial charge on any atom is 0.223 e. The van der Waals surface area contributed by atoms with Crippen LogP contribution in [0.4, 0.5) is 0 Å². The van der Waals surface area contributed by atoms with Gasteiger partial charge in [0.05, 0.1) is 5.41 Å². The van der Waals surface area contributed by atoms with E-state index in [9.17, 15) is 9.90 Å². The molecule has 2 aliphatic rings. The molecule has 2 fully saturated rings. The number of ether oxygens (including phenoxy) is 2. The number of ketones is 1. The first-order valence-corrected chi connectivity index (χ1v) is 6.71. The topological polar surface area (TPSA) is 55.8 Å². The lowest BCUT2D eigenvalue weighted by Crippen LogP contribution is -2.53. The summed E-state index contributed by atoms with van der Waals surface area (Å²) in [6.45, 7) is 2.08. The monoisotopic (exact) mass is 262 g/mol. The molecule has 19 heavy (non-hydrogen) atoms. The van der Waals surface area contributed by atoms with Crippen LogP contribution in [0.1, 0.15) is 32.6 Å². The summed E-state index contributed by atoms with van der Waals surface area (Å²) in [6, 6.07) is 6.54. The van der Waals surface area contributed by atoms with E-state index >= 15 is 0 Å². The summed E-state index contributed by atoms with van der Waals surface area (Å²) in [7, 11) is 0. The molecular weight excluding hydrogens is 244 g/mol. The number of carbonyl (C=O) groups excluding carboxylic acids is 1. The highest BCUT2D eigenvalue weighted by atomic mass is 16.7. The van der Waals surface area contributed by atoms with Crippen molar-refractivity contribution in [2.24, 2.45) is 5.41 Å². The number of rotatable bonds is 2. The number of Topliss-reactive ketones (excluding diaryl/α,β-unsaturated/α-hetero) is 1. The molecule has 0 aromatic heterocycles. The minimum atomic E-state index is -0.834. The molecule has 1 aromatic rings. The van der Waals surface area contributed by atoms with Gasteiger partial charge in [0.25, 0.3) is 0 Å². The Morgan fingerprint density at radius 1 is 1.21 bits per heavy atom. The number of hydrogen-bond donors (Lipinski definition) is 1. The van der Waals surface area contributed by atoms with Gasteiger partial charge in [-0.3, -0.25) is 4.79 Å². The van der Waals surface area contributed by atoms with Gasteiger partial charge in [-0.2, -0.15) is 0 Å². The fourth-order valence-electron chi connectivity index (χ4n) is 3.12. The molecule has 1 saturated carbocycles. The Labute approximate surface area is 112 Å². The van der Waals surface area contributed by atoms with Gasteiger partial charge in [-0.25, -0.2) is 0 Å². The van der Waals surface area contributed by atoms with Gasteiger partial charge in [-0.15, -0.1) is 0 Å². The molecule has 1 N–H and O–H groups in total. The van der Waals surface area contributed by atoms with Crippen LogP contribution in [-0.4, -0.2) is 23.3 Å². The summed E-state index contributed by atoms with van der Waals surface area (Å²) in [4.78, 5) is 12.1. The fraction of sp³-hybridized carbons (Fsp3) is 0.533. The minimum absolute atomic E-state index is 0.131. The average molecular weight is 262 g/mol. The van der Waals surface area contributed by atoms with Crippen LogP contribution in [0.15, 0.2) is 24.3 Å². The Kier molecular flexibility index (Phi) is 2.78. The van der Waals surface area contributed by atoms with Gasteiger partial charge < -0.3 is 14.6 Å². The lowest BCUT2D eigenvalue weighted by Gasteiger charge is -2.44. The van der Waals surface area contributed by atoms with Crippen LogP contribution in [0.5, 0.6) is 11.5 Å². The van der Waals surface area contributed by atoms with E-state index in [1.165, 1.54) is 0 Å². The molecule has 1 aliphatic heterocycles. The number of carbonyl (C=O) groups is 1. The van der Waals surface area contributed by atoms with E-state index in [0.29, 0.717) is 5.75 Å². The second-order valence-electron chi connectivity index (χ2n) is 5.60. The van der Waals surface area contributed by atoms with Gasteiger partial charge in [-0.1, -0.05) is 6.42 Å². The van der Waals surface area contributed by atoms with E-state index < -0.39 is 11.2 Å². The van der Waals surface area contributed by atoms with Crippen LogP contribution in [0, 0.1) is 5.41 Å². The molecular formula is C15H18O4. The molecule has 2 atom stereocenters. The molecule has 0 spiro atoms. The summed E-state index contributed by atoms with van der Waals surface area (Å²) in [6.07, 6.45) is 3.58. The van der Waals surface area contributed by atoms with Crippen LogP contribution in [0.3, 0.4) is 0 Å². The molecule has 1 aliphatic carbocycles. The second-order valence-corrected chi connectivity index (χ2v) is 5.60. The highest BCUT2D eigenvalue weighted by molar-refractivity contribution is 5.88. The highest BCUT2D eigenvalue weighted by Crippen LogP contribution is 2.51. The maximum atomic E-state index is 12.1. The number of fused-ring (bicyclic) bond motifs is 1. The van der Waals surface area contributed by atoms with E-state index in [1.807, 2.05) is 6.92 Å². The van der Waals surface area contributed by atoms with E-state index in [0.717, 1.165) is 25.7 Å². The predicted octanol–water partition coefficient (Wildman–Crippen LogP) is 2.65. The first-order valence-electron chi connectivity index (χ1n) is 6.71. The molecule has 0 radical (unpaired) electrons. The van der Waals surface area contributed by atoms with Gasteiger partial charge >= 0.3 is 0 Å². The van der Waals surface area contributed by atoms with Crippen molar-refractivity contribution >= 4 is 5.78 Å². The van der Waals surface area contributed by atoms with Gasteiger partial charge in [0.15, 0.2) is 5.78 Å². The van der Waals surface area contributed by atoms with Crippen LogP contribution < -0.4 is 4.74 Å². The van der Waals surface area contributed by atoms with E-state index in [1.54, 1.807) is 24.3 Å². The third-order valence-electron chi connectivity index (χ3n) is 4.44. The number of phenolic OH excluding ortho intramolecular Hbond substituents is 1. The zero-order valence-electron chi connectivity index (χ0n) is 11.0. The maximum absolute atomic E-state index is 12.1. The minimum Gasteiger partial charge on any atom is -0.508 e. The van der Waals surface area contributed by atoms with Crippen LogP contribution in [0.2, 0.25) is 0 Å². The van der Waals surface area contributed by atoms with Crippen LogP contribution >= 0.6 is 0 Å². The van der Waals surface area contributed by atoms with Gasteiger partial charge in [0.2, 0.25) is 5.79 Å². The highest BCUT2D eigenvalue weighted by Gasteiger charge is 2.62. The summed E-state index contributed by atoms with van der Waals surface area (Å²) in [5.74, 6) is 0.116. The number of aromatic hydroxyl groups is 1. The molecule has 0 unspecified atom stereocenters. The standard InChI is InChI=1S/C15H18O4/c1-14-8-2-3-9-15(14,18-10-13(14)17)19-12-6-4-11(16)5-7-12/h4-7,16H,2-3,8-10H2,1H3/t14-,15+/m1/s1. The third kappa shape index (κ3) is 1.82. The van der Waals surface area contributed by atoms with Gasteiger partial charge in [0.1, 0.15) is 18.1 Å². The molecule has 0 amide bonds. The lowest BCUT2D eigenvalue weighted by molar-refractivity contribution is -0.218. The normalized spacial score (nSPS) is 34.1. The van der Waals surface area contributed by atoms with Crippen molar-refractivity contribution in [1.82, 2.24) is 0 Å². The zero-order chi connectivity index (χ0) is 13.5. The third-order valence-corrected chi connectivity index (χ3v) is 4.44. The summed E-state index contributed by atoms with van der Waals surface area (Å²) in [5.41, 5.74) is -0.552. The number of benzene rings is 1. The largest absolute Gasteiger partial charge is 0.508 e. The van der Waals surface area contributed by atoms with Gasteiger partial charge in [-0.05, 0) is 44.0 Å². The Balaban J connectivity index is 1.92. The molecule has 1 heterocycles. The van der Waals surface area contributed by atoms with Crippen LogP contribution in [0.25, 0.3) is 0 Å². The molecule has 1 saturated heterocycles. The summed E-state index contributed by atoms with van der Waals surface area (Å²) in [5, 5.41) is 9.30. The quantitative estimate of drug-likeness (QED) is 0.890. The molecule has 0 bridgehead atoms. The van der Waals surface area contributed by atoms with E-state index in [2.05, 4.69) is 0 Å². The van der Waals surface area contributed by atoms with Crippen molar-refractivity contribution in [1.29, 1.82) is 0 Å². The smallest absolute Gasteiger partial charge is 0.223 e. The Morgan fingerprint density at radius 2 is 1.89 bits per heavy atom. The van der Waals surface area contributed by atoms with Crippen molar-refractivity contribution in [3.05, 3.63) is 24.3 Å². The molecule has 102 valence electrons. The Bertz CT molecular complexity index is 495. The lowest BCUT2D eigenvalue weighted by atomic mass is 9.69. The second kappa shape index (κ2) is 4.23. The summed E-state index contributed by atoms with van der Waals surface area (Å²) >= 11 is 0. The van der Waals surface area contributed by atoms with Crippen molar-refractivity contribution in [3.63, 3.8) is 0 Å². The summed E-state index contributed by atoms with van der Waals surface area (Å²) < 4.78 is 11.8. The Morgan fingerprint density at radius 3 is 2.63 bits per heavy atom. The first-order chi connectivity index (χ1) is 9.06. The van der Waals surface area contributed by atoms with Gasteiger partial charge in [0, 0.05) is 6.42 Å². The van der Waals surface area contributed by atoms with Crippen molar-refractivity contribution in [3.8, 4) is 11.5 Å². The van der Waals surface area contributed by atoms with Crippen molar-refractivity contribution in [2.75, 3.05) is 6.61 Å². The zero-order valence-corrected chi connectivity index (χ0v) is 11.0. The van der Waals surface area contributed by atoms with Crippen molar-refractivity contribution in [2.45, 2.75) is 38.4 Å². The van der Waals surface area contributed by atoms with Crippen molar-refractivity contribution < 1.29 is 19.4 Å². The average Bonchev–Trinajstić information content (AvgIpc) is 2.66.